The molecule has 2 rings (SSSR count). The van der Waals surface area contributed by atoms with Gasteiger partial charge in [0.2, 0.25) is 0 Å². The highest BCUT2D eigenvalue weighted by molar-refractivity contribution is 5.95. The number of aromatic nitrogens is 2. The Bertz CT molecular complexity index is 699. The Hall–Kier alpha value is -2.47. The zero-order valence-corrected chi connectivity index (χ0v) is 15.0. The number of carbonyl (C=O) groups excluding carboxylic acids is 1. The summed E-state index contributed by atoms with van der Waals surface area (Å²) in [6.07, 6.45) is 1.69. The van der Waals surface area contributed by atoms with Crippen LogP contribution in [0.1, 0.15) is 42.7 Å². The monoisotopic (exact) mass is 342 g/mol. The molecular formula is C19H26N4O2. The topological polar surface area (TPSA) is 87.1 Å². The van der Waals surface area contributed by atoms with Gasteiger partial charge in [-0.2, -0.15) is 5.10 Å². The van der Waals surface area contributed by atoms with Crippen molar-refractivity contribution >= 4 is 17.4 Å². The molecule has 1 aromatic heterocycles. The molecule has 2 aromatic rings. The molecule has 134 valence electrons. The van der Waals surface area contributed by atoms with E-state index >= 15 is 0 Å². The van der Waals surface area contributed by atoms with Crippen LogP contribution in [0.15, 0.2) is 36.4 Å². The lowest BCUT2D eigenvalue weighted by Crippen LogP contribution is -2.26. The predicted molar refractivity (Wildman–Crippen MR) is 98.9 cm³/mol. The number of carbonyl (C=O) groups is 1. The van der Waals surface area contributed by atoms with Gasteiger partial charge in [0.05, 0.1) is 5.69 Å². The van der Waals surface area contributed by atoms with Gasteiger partial charge in [-0.3, -0.25) is 4.79 Å². The third kappa shape index (κ3) is 6.15. The van der Waals surface area contributed by atoms with Gasteiger partial charge >= 0.3 is 0 Å². The van der Waals surface area contributed by atoms with E-state index in [4.69, 9.17) is 0 Å². The largest absolute Gasteiger partial charge is 0.396 e. The minimum absolute atomic E-state index is 0.108. The standard InChI is InChI=1S/C19H26N4O2/c1-14-8-9-17(23-22-14)21-16-7-4-6-15(12-16)18(25)20-11-5-10-19(2,3)13-24/h4,6-9,12,24H,5,10-11,13H2,1-3H3,(H,20,25)(H,21,23). The van der Waals surface area contributed by atoms with Crippen molar-refractivity contribution < 1.29 is 9.90 Å². The molecule has 0 bridgehead atoms. The van der Waals surface area contributed by atoms with Crippen LogP contribution < -0.4 is 10.6 Å². The summed E-state index contributed by atoms with van der Waals surface area (Å²) in [5, 5.41) is 23.4. The number of anilines is 2. The second kappa shape index (κ2) is 8.58. The summed E-state index contributed by atoms with van der Waals surface area (Å²) in [5.74, 6) is 0.523. The summed E-state index contributed by atoms with van der Waals surface area (Å²) in [6, 6.07) is 11.0. The van der Waals surface area contributed by atoms with Crippen LogP contribution >= 0.6 is 0 Å². The second-order valence-electron chi connectivity index (χ2n) is 6.95. The molecule has 0 aliphatic rings. The molecular weight excluding hydrogens is 316 g/mol. The van der Waals surface area contributed by atoms with Crippen molar-refractivity contribution in [3.8, 4) is 0 Å². The van der Waals surface area contributed by atoms with E-state index in [9.17, 15) is 9.90 Å². The quantitative estimate of drug-likeness (QED) is 0.642. The lowest BCUT2D eigenvalue weighted by Gasteiger charge is -2.21. The van der Waals surface area contributed by atoms with E-state index in [0.717, 1.165) is 24.2 Å². The van der Waals surface area contributed by atoms with Crippen molar-refractivity contribution in [1.29, 1.82) is 0 Å². The van der Waals surface area contributed by atoms with Crippen molar-refractivity contribution in [3.05, 3.63) is 47.7 Å². The number of aryl methyl sites for hydroxylation is 1. The highest BCUT2D eigenvalue weighted by atomic mass is 16.3. The van der Waals surface area contributed by atoms with Crippen LogP contribution in [0.25, 0.3) is 0 Å². The molecule has 0 atom stereocenters. The van der Waals surface area contributed by atoms with E-state index in [2.05, 4.69) is 20.8 Å². The fraction of sp³-hybridized carbons (Fsp3) is 0.421. The molecule has 1 heterocycles. The summed E-state index contributed by atoms with van der Waals surface area (Å²) < 4.78 is 0. The number of aliphatic hydroxyl groups is 1. The van der Waals surface area contributed by atoms with Crippen molar-refractivity contribution in [1.82, 2.24) is 15.5 Å². The second-order valence-corrected chi connectivity index (χ2v) is 6.95. The summed E-state index contributed by atoms with van der Waals surface area (Å²) in [5.41, 5.74) is 2.12. The lowest BCUT2D eigenvalue weighted by atomic mass is 9.89. The first-order chi connectivity index (χ1) is 11.9. The van der Waals surface area contributed by atoms with Gasteiger partial charge in [-0.1, -0.05) is 19.9 Å². The van der Waals surface area contributed by atoms with Gasteiger partial charge in [0.15, 0.2) is 5.82 Å². The zero-order valence-electron chi connectivity index (χ0n) is 15.0. The van der Waals surface area contributed by atoms with Gasteiger partial charge in [0.1, 0.15) is 0 Å². The number of hydrogen-bond acceptors (Lipinski definition) is 5. The molecule has 0 aliphatic heterocycles. The molecule has 0 saturated carbocycles. The summed E-state index contributed by atoms with van der Waals surface area (Å²) in [7, 11) is 0. The van der Waals surface area contributed by atoms with Crippen LogP contribution in [0, 0.1) is 12.3 Å². The van der Waals surface area contributed by atoms with E-state index in [1.807, 2.05) is 45.0 Å². The molecule has 0 unspecified atom stereocenters. The van der Waals surface area contributed by atoms with Crippen LogP contribution in [0.5, 0.6) is 0 Å². The molecule has 25 heavy (non-hydrogen) atoms. The van der Waals surface area contributed by atoms with Crippen LogP contribution in [0.3, 0.4) is 0 Å². The van der Waals surface area contributed by atoms with Crippen LogP contribution in [-0.4, -0.2) is 34.4 Å². The number of nitrogens with one attached hydrogen (secondary N) is 2. The Balaban J connectivity index is 1.89. The Morgan fingerprint density at radius 2 is 2.00 bits per heavy atom. The van der Waals surface area contributed by atoms with Gasteiger partial charge in [-0.25, -0.2) is 0 Å². The van der Waals surface area contributed by atoms with E-state index in [-0.39, 0.29) is 17.9 Å². The lowest BCUT2D eigenvalue weighted by molar-refractivity contribution is 0.0948. The third-order valence-electron chi connectivity index (χ3n) is 3.94. The molecule has 6 heteroatoms. The normalized spacial score (nSPS) is 11.2. The minimum atomic E-state index is -0.111. The number of amides is 1. The number of benzene rings is 1. The molecule has 6 nitrogen and oxygen atoms in total. The van der Waals surface area contributed by atoms with E-state index < -0.39 is 0 Å². The molecule has 0 aliphatic carbocycles. The zero-order chi connectivity index (χ0) is 18.3. The van der Waals surface area contributed by atoms with E-state index in [0.29, 0.717) is 17.9 Å². The molecule has 0 saturated heterocycles. The smallest absolute Gasteiger partial charge is 0.251 e. The van der Waals surface area contributed by atoms with Crippen molar-refractivity contribution in [2.75, 3.05) is 18.5 Å². The van der Waals surface area contributed by atoms with Gasteiger partial charge < -0.3 is 15.7 Å². The van der Waals surface area contributed by atoms with Gasteiger partial charge in [0, 0.05) is 24.4 Å². The first-order valence-corrected chi connectivity index (χ1v) is 8.46. The van der Waals surface area contributed by atoms with Crippen LogP contribution in [0.2, 0.25) is 0 Å². The summed E-state index contributed by atoms with van der Waals surface area (Å²) in [4.78, 5) is 12.3. The molecule has 1 amide bonds. The Morgan fingerprint density at radius 1 is 1.20 bits per heavy atom. The van der Waals surface area contributed by atoms with Gasteiger partial charge in [-0.05, 0) is 55.5 Å². The number of rotatable bonds is 8. The van der Waals surface area contributed by atoms with Crippen molar-refractivity contribution in [2.45, 2.75) is 33.6 Å². The Labute approximate surface area is 148 Å². The average Bonchev–Trinajstić information content (AvgIpc) is 2.61. The molecule has 0 fully saturated rings. The minimum Gasteiger partial charge on any atom is -0.396 e. The molecule has 0 spiro atoms. The van der Waals surface area contributed by atoms with Crippen molar-refractivity contribution in [3.63, 3.8) is 0 Å². The predicted octanol–water partition coefficient (Wildman–Crippen LogP) is 3.06. The van der Waals surface area contributed by atoms with Crippen LogP contribution in [-0.2, 0) is 0 Å². The first kappa shape index (κ1) is 18.9. The SMILES string of the molecule is Cc1ccc(Nc2cccc(C(=O)NCCCC(C)(C)CO)c2)nn1. The maximum Gasteiger partial charge on any atom is 0.251 e. The van der Waals surface area contributed by atoms with Crippen LogP contribution in [0.4, 0.5) is 11.5 Å². The fourth-order valence-corrected chi connectivity index (χ4v) is 2.30. The number of nitrogens with zero attached hydrogens (tertiary/aromatic N) is 2. The fourth-order valence-electron chi connectivity index (χ4n) is 2.30. The maximum atomic E-state index is 12.3. The third-order valence-corrected chi connectivity index (χ3v) is 3.94. The highest BCUT2D eigenvalue weighted by Crippen LogP contribution is 2.20. The molecule has 1 aromatic carbocycles. The van der Waals surface area contributed by atoms with Gasteiger partial charge in [-0.15, -0.1) is 5.10 Å². The number of hydrogen-bond donors (Lipinski definition) is 3. The average molecular weight is 342 g/mol. The van der Waals surface area contributed by atoms with E-state index in [1.54, 1.807) is 12.1 Å². The van der Waals surface area contributed by atoms with E-state index in [1.165, 1.54) is 0 Å². The van der Waals surface area contributed by atoms with Gasteiger partial charge in [0.25, 0.3) is 5.91 Å². The first-order valence-electron chi connectivity index (χ1n) is 8.46. The Kier molecular flexibility index (Phi) is 6.47. The maximum absolute atomic E-state index is 12.3. The van der Waals surface area contributed by atoms with Crippen molar-refractivity contribution in [2.24, 2.45) is 5.41 Å². The molecule has 3 N–H and O–H groups in total. The highest BCUT2D eigenvalue weighted by Gasteiger charge is 2.15. The summed E-state index contributed by atoms with van der Waals surface area (Å²) in [6.45, 7) is 6.64. The molecule has 0 radical (unpaired) electrons. The Morgan fingerprint density at radius 3 is 2.68 bits per heavy atom. The number of aliphatic hydroxyl groups excluding tert-OH is 1. The summed E-state index contributed by atoms with van der Waals surface area (Å²) >= 11 is 0.